The molecule has 3 aromatic carbocycles. The lowest BCUT2D eigenvalue weighted by Crippen LogP contribution is -2.09. The van der Waals surface area contributed by atoms with Gasteiger partial charge in [0, 0.05) is 5.56 Å². The first-order valence-electron chi connectivity index (χ1n) is 7.49. The van der Waals surface area contributed by atoms with Crippen LogP contribution < -0.4 is 4.74 Å². The lowest BCUT2D eigenvalue weighted by Gasteiger charge is -2.07. The Hall–Kier alpha value is -3.60. The number of hydrogen-bond acceptors (Lipinski definition) is 5. The molecule has 124 valence electrons. The van der Waals surface area contributed by atoms with Gasteiger partial charge in [-0.2, -0.15) is 0 Å². The number of para-hydroxylation sites is 2. The second kappa shape index (κ2) is 6.88. The number of hydrogen-bond donors (Lipinski definition) is 2. The normalized spacial score (nSPS) is 10.2. The average molecular weight is 334 g/mol. The van der Waals surface area contributed by atoms with Crippen molar-refractivity contribution in [1.82, 2.24) is 0 Å². The summed E-state index contributed by atoms with van der Waals surface area (Å²) in [7, 11) is 0. The summed E-state index contributed by atoms with van der Waals surface area (Å²) in [6, 6.07) is 18.3. The quantitative estimate of drug-likeness (QED) is 0.433. The molecule has 0 spiro atoms. The van der Waals surface area contributed by atoms with Crippen molar-refractivity contribution in [3.8, 4) is 17.2 Å². The molecule has 0 aliphatic rings. The fraction of sp³-hybridized carbons (Fsp3) is 0. The summed E-state index contributed by atoms with van der Waals surface area (Å²) in [6.07, 6.45) is 0. The topological polar surface area (TPSA) is 83.8 Å². The number of aromatic hydroxyl groups is 2. The van der Waals surface area contributed by atoms with Crippen molar-refractivity contribution < 1.29 is 24.5 Å². The third kappa shape index (κ3) is 3.50. The first-order chi connectivity index (χ1) is 12.1. The van der Waals surface area contributed by atoms with E-state index in [4.69, 9.17) is 4.74 Å². The zero-order valence-corrected chi connectivity index (χ0v) is 13.0. The molecule has 0 saturated carbocycles. The van der Waals surface area contributed by atoms with Gasteiger partial charge in [0.15, 0.2) is 5.78 Å². The third-order valence-corrected chi connectivity index (χ3v) is 3.60. The standard InChI is InChI=1S/C20H14O5/c21-17-7-3-1-5-15(17)19(23)13-9-11-14(12-10-13)25-20(24)16-6-2-4-8-18(16)22/h1-12,21-22H. The van der Waals surface area contributed by atoms with Crippen LogP contribution in [0.2, 0.25) is 0 Å². The Morgan fingerprint density at radius 2 is 1.20 bits per heavy atom. The largest absolute Gasteiger partial charge is 0.507 e. The fourth-order valence-corrected chi connectivity index (χ4v) is 2.30. The van der Waals surface area contributed by atoms with E-state index >= 15 is 0 Å². The van der Waals surface area contributed by atoms with Crippen LogP contribution in [0.5, 0.6) is 17.2 Å². The molecule has 0 amide bonds. The number of ether oxygens (including phenoxy) is 1. The average Bonchev–Trinajstić information content (AvgIpc) is 2.62. The Morgan fingerprint density at radius 1 is 0.680 bits per heavy atom. The van der Waals surface area contributed by atoms with Crippen LogP contribution in [-0.2, 0) is 0 Å². The van der Waals surface area contributed by atoms with Crippen LogP contribution in [0.3, 0.4) is 0 Å². The molecule has 0 atom stereocenters. The number of phenolic OH excluding ortho intramolecular Hbond substituents is 2. The summed E-state index contributed by atoms with van der Waals surface area (Å²) in [5.74, 6) is -1.06. The summed E-state index contributed by atoms with van der Waals surface area (Å²) >= 11 is 0. The third-order valence-electron chi connectivity index (χ3n) is 3.60. The Balaban J connectivity index is 1.77. The zero-order chi connectivity index (χ0) is 17.8. The summed E-state index contributed by atoms with van der Waals surface area (Å²) in [5, 5.41) is 19.4. The molecule has 0 radical (unpaired) electrons. The van der Waals surface area contributed by atoms with E-state index in [2.05, 4.69) is 0 Å². The number of carbonyl (C=O) groups is 2. The highest BCUT2D eigenvalue weighted by molar-refractivity contribution is 6.10. The first kappa shape index (κ1) is 16.3. The molecule has 0 aliphatic heterocycles. The number of phenols is 2. The molecular formula is C20H14O5. The summed E-state index contributed by atoms with van der Waals surface area (Å²) in [6.45, 7) is 0. The van der Waals surface area contributed by atoms with Gasteiger partial charge in [-0.15, -0.1) is 0 Å². The van der Waals surface area contributed by atoms with Crippen molar-refractivity contribution >= 4 is 11.8 Å². The maximum absolute atomic E-state index is 12.4. The van der Waals surface area contributed by atoms with E-state index in [9.17, 15) is 19.8 Å². The van der Waals surface area contributed by atoms with Gasteiger partial charge in [0.1, 0.15) is 22.8 Å². The van der Waals surface area contributed by atoms with Crippen LogP contribution in [-0.4, -0.2) is 22.0 Å². The van der Waals surface area contributed by atoms with Gasteiger partial charge >= 0.3 is 5.97 Å². The van der Waals surface area contributed by atoms with Gasteiger partial charge in [-0.05, 0) is 48.5 Å². The molecule has 5 nitrogen and oxygen atoms in total. The predicted molar refractivity (Wildman–Crippen MR) is 91.0 cm³/mol. The van der Waals surface area contributed by atoms with Gasteiger partial charge in [-0.3, -0.25) is 4.79 Å². The minimum absolute atomic E-state index is 0.0526. The molecule has 25 heavy (non-hydrogen) atoms. The molecule has 0 bridgehead atoms. The van der Waals surface area contributed by atoms with Gasteiger partial charge in [0.25, 0.3) is 0 Å². The predicted octanol–water partition coefficient (Wildman–Crippen LogP) is 3.55. The highest BCUT2D eigenvalue weighted by atomic mass is 16.5. The van der Waals surface area contributed by atoms with Crippen molar-refractivity contribution in [2.24, 2.45) is 0 Å². The minimum atomic E-state index is -0.696. The fourth-order valence-electron chi connectivity index (χ4n) is 2.30. The van der Waals surface area contributed by atoms with Crippen LogP contribution in [0.1, 0.15) is 26.3 Å². The van der Waals surface area contributed by atoms with Crippen molar-refractivity contribution in [2.75, 3.05) is 0 Å². The van der Waals surface area contributed by atoms with Crippen LogP contribution >= 0.6 is 0 Å². The second-order valence-electron chi connectivity index (χ2n) is 5.28. The van der Waals surface area contributed by atoms with Crippen molar-refractivity contribution in [3.63, 3.8) is 0 Å². The molecule has 0 heterocycles. The van der Waals surface area contributed by atoms with Gasteiger partial charge in [0.05, 0.1) is 5.56 Å². The Kier molecular flexibility index (Phi) is 4.48. The zero-order valence-electron chi connectivity index (χ0n) is 13.0. The van der Waals surface area contributed by atoms with E-state index in [1.54, 1.807) is 24.3 Å². The number of benzene rings is 3. The molecule has 5 heteroatoms. The van der Waals surface area contributed by atoms with E-state index in [-0.39, 0.29) is 34.2 Å². The number of rotatable bonds is 4. The lowest BCUT2D eigenvalue weighted by molar-refractivity contribution is 0.0731. The van der Waals surface area contributed by atoms with Gasteiger partial charge in [0.2, 0.25) is 0 Å². The highest BCUT2D eigenvalue weighted by Crippen LogP contribution is 2.23. The molecule has 0 aliphatic carbocycles. The van der Waals surface area contributed by atoms with Crippen LogP contribution in [0, 0.1) is 0 Å². The first-order valence-corrected chi connectivity index (χ1v) is 7.49. The molecule has 0 unspecified atom stereocenters. The molecule has 2 N–H and O–H groups in total. The highest BCUT2D eigenvalue weighted by Gasteiger charge is 2.15. The maximum Gasteiger partial charge on any atom is 0.347 e. The smallest absolute Gasteiger partial charge is 0.347 e. The van der Waals surface area contributed by atoms with E-state index in [1.807, 2.05) is 0 Å². The Morgan fingerprint density at radius 3 is 1.76 bits per heavy atom. The van der Waals surface area contributed by atoms with Crippen LogP contribution in [0.4, 0.5) is 0 Å². The van der Waals surface area contributed by atoms with Crippen molar-refractivity contribution in [2.45, 2.75) is 0 Å². The number of esters is 1. The monoisotopic (exact) mass is 334 g/mol. The van der Waals surface area contributed by atoms with Crippen molar-refractivity contribution in [3.05, 3.63) is 89.5 Å². The van der Waals surface area contributed by atoms with Crippen molar-refractivity contribution in [1.29, 1.82) is 0 Å². The molecule has 0 fully saturated rings. The summed E-state index contributed by atoms with van der Waals surface area (Å²) in [4.78, 5) is 24.4. The lowest BCUT2D eigenvalue weighted by atomic mass is 10.0. The van der Waals surface area contributed by atoms with E-state index in [0.29, 0.717) is 5.56 Å². The van der Waals surface area contributed by atoms with Crippen LogP contribution in [0.25, 0.3) is 0 Å². The maximum atomic E-state index is 12.4. The summed E-state index contributed by atoms with van der Waals surface area (Å²) in [5.41, 5.74) is 0.599. The van der Waals surface area contributed by atoms with Crippen LogP contribution in [0.15, 0.2) is 72.8 Å². The Labute approximate surface area is 143 Å². The van der Waals surface area contributed by atoms with E-state index < -0.39 is 5.97 Å². The van der Waals surface area contributed by atoms with E-state index in [1.165, 1.54) is 48.5 Å². The molecule has 3 aromatic rings. The molecule has 0 aromatic heterocycles. The molecule has 3 rings (SSSR count). The number of ketones is 1. The molecular weight excluding hydrogens is 320 g/mol. The second-order valence-corrected chi connectivity index (χ2v) is 5.28. The van der Waals surface area contributed by atoms with Gasteiger partial charge < -0.3 is 14.9 Å². The SMILES string of the molecule is O=C(Oc1ccc(C(=O)c2ccccc2O)cc1)c1ccccc1O. The summed E-state index contributed by atoms with van der Waals surface area (Å²) < 4.78 is 5.19. The minimum Gasteiger partial charge on any atom is -0.507 e. The Bertz CT molecular complexity index is 929. The van der Waals surface area contributed by atoms with Gasteiger partial charge in [-0.25, -0.2) is 4.79 Å². The number of carbonyl (C=O) groups excluding carboxylic acids is 2. The molecule has 0 saturated heterocycles. The van der Waals surface area contributed by atoms with Gasteiger partial charge in [-0.1, -0.05) is 24.3 Å². The van der Waals surface area contributed by atoms with E-state index in [0.717, 1.165) is 0 Å².